The first-order valence-corrected chi connectivity index (χ1v) is 6.17. The Morgan fingerprint density at radius 2 is 2.19 bits per heavy atom. The molecule has 0 amide bonds. The maximum atomic E-state index is 8.80. The molecule has 5 heteroatoms. The Morgan fingerprint density at radius 3 is 2.81 bits per heavy atom. The van der Waals surface area contributed by atoms with E-state index < -0.39 is 0 Å². The number of halogens is 1. The minimum atomic E-state index is 0.590. The van der Waals surface area contributed by atoms with E-state index in [1.807, 2.05) is 11.4 Å². The zero-order chi connectivity index (χ0) is 11.5. The van der Waals surface area contributed by atoms with Gasteiger partial charge in [-0.05, 0) is 40.2 Å². The van der Waals surface area contributed by atoms with Gasteiger partial charge in [0.2, 0.25) is 0 Å². The van der Waals surface area contributed by atoms with E-state index in [-0.39, 0.29) is 0 Å². The lowest BCUT2D eigenvalue weighted by atomic mass is 10.2. The van der Waals surface area contributed by atoms with Gasteiger partial charge in [0.05, 0.1) is 28.0 Å². The van der Waals surface area contributed by atoms with Crippen molar-refractivity contribution in [3.63, 3.8) is 0 Å². The number of nitriles is 1. The van der Waals surface area contributed by atoms with Crippen molar-refractivity contribution in [2.75, 3.05) is 11.1 Å². The second-order valence-corrected chi connectivity index (χ2v) is 4.99. The molecular formula is C11H8BrN3S. The van der Waals surface area contributed by atoms with Gasteiger partial charge < -0.3 is 11.1 Å². The Kier molecular flexibility index (Phi) is 3.13. The molecule has 0 saturated carbocycles. The molecule has 0 aliphatic rings. The van der Waals surface area contributed by atoms with Crippen LogP contribution < -0.4 is 11.1 Å². The van der Waals surface area contributed by atoms with Crippen LogP contribution in [-0.4, -0.2) is 0 Å². The van der Waals surface area contributed by atoms with Gasteiger partial charge in [-0.3, -0.25) is 0 Å². The van der Waals surface area contributed by atoms with Crippen LogP contribution in [0.15, 0.2) is 34.1 Å². The predicted octanol–water partition coefficient (Wildman–Crippen LogP) is 3.71. The maximum absolute atomic E-state index is 8.80. The molecule has 0 saturated heterocycles. The molecule has 0 fully saturated rings. The van der Waals surface area contributed by atoms with E-state index in [0.717, 1.165) is 15.2 Å². The van der Waals surface area contributed by atoms with Crippen molar-refractivity contribution in [2.24, 2.45) is 0 Å². The van der Waals surface area contributed by atoms with Crippen LogP contribution in [-0.2, 0) is 0 Å². The van der Waals surface area contributed by atoms with Crippen molar-refractivity contribution >= 4 is 43.6 Å². The third-order valence-corrected chi connectivity index (χ3v) is 3.61. The van der Waals surface area contributed by atoms with E-state index in [1.165, 1.54) is 0 Å². The molecular weight excluding hydrogens is 286 g/mol. The summed E-state index contributed by atoms with van der Waals surface area (Å²) in [6.45, 7) is 0. The van der Waals surface area contributed by atoms with E-state index in [2.05, 4.69) is 27.3 Å². The monoisotopic (exact) mass is 293 g/mol. The van der Waals surface area contributed by atoms with E-state index >= 15 is 0 Å². The van der Waals surface area contributed by atoms with Gasteiger partial charge in [-0.15, -0.1) is 11.3 Å². The minimum Gasteiger partial charge on any atom is -0.397 e. The molecule has 1 heterocycles. The molecule has 0 spiro atoms. The van der Waals surface area contributed by atoms with Gasteiger partial charge in [-0.25, -0.2) is 0 Å². The van der Waals surface area contributed by atoms with Crippen LogP contribution in [0.1, 0.15) is 5.56 Å². The summed E-state index contributed by atoms with van der Waals surface area (Å²) < 4.78 is 1.02. The number of nitrogens with zero attached hydrogens (tertiary/aromatic N) is 1. The quantitative estimate of drug-likeness (QED) is 0.830. The number of thiophene rings is 1. The van der Waals surface area contributed by atoms with Crippen molar-refractivity contribution in [3.05, 3.63) is 39.7 Å². The number of nitrogens with one attached hydrogen (secondary N) is 1. The van der Waals surface area contributed by atoms with Crippen molar-refractivity contribution in [3.8, 4) is 6.07 Å². The summed E-state index contributed by atoms with van der Waals surface area (Å²) >= 11 is 4.95. The second-order valence-electron chi connectivity index (χ2n) is 3.17. The summed E-state index contributed by atoms with van der Waals surface area (Å²) in [6, 6.07) is 9.21. The topological polar surface area (TPSA) is 61.8 Å². The van der Waals surface area contributed by atoms with E-state index in [1.54, 1.807) is 29.5 Å². The lowest BCUT2D eigenvalue weighted by Gasteiger charge is -2.07. The van der Waals surface area contributed by atoms with Gasteiger partial charge in [-0.1, -0.05) is 0 Å². The average molecular weight is 294 g/mol. The van der Waals surface area contributed by atoms with Crippen LogP contribution in [0.2, 0.25) is 0 Å². The smallest absolute Gasteiger partial charge is 0.0992 e. The number of benzene rings is 1. The van der Waals surface area contributed by atoms with Gasteiger partial charge in [-0.2, -0.15) is 5.26 Å². The summed E-state index contributed by atoms with van der Waals surface area (Å²) in [6.07, 6.45) is 0. The molecule has 0 atom stereocenters. The van der Waals surface area contributed by atoms with Crippen LogP contribution in [0.5, 0.6) is 0 Å². The molecule has 0 aliphatic heterocycles. The zero-order valence-corrected chi connectivity index (χ0v) is 10.6. The van der Waals surface area contributed by atoms with Crippen LogP contribution >= 0.6 is 27.3 Å². The molecule has 0 radical (unpaired) electrons. The van der Waals surface area contributed by atoms with Gasteiger partial charge in [0.1, 0.15) is 0 Å². The van der Waals surface area contributed by atoms with Crippen molar-refractivity contribution in [1.29, 1.82) is 5.26 Å². The van der Waals surface area contributed by atoms with Gasteiger partial charge in [0.25, 0.3) is 0 Å². The first-order valence-electron chi connectivity index (χ1n) is 4.50. The van der Waals surface area contributed by atoms with Crippen molar-refractivity contribution < 1.29 is 0 Å². The molecule has 2 aromatic rings. The van der Waals surface area contributed by atoms with Gasteiger partial charge in [0, 0.05) is 9.85 Å². The van der Waals surface area contributed by atoms with Crippen molar-refractivity contribution in [1.82, 2.24) is 0 Å². The molecule has 1 aromatic heterocycles. The number of anilines is 3. The number of nitrogens with two attached hydrogens (primary N) is 1. The highest BCUT2D eigenvalue weighted by molar-refractivity contribution is 9.10. The highest BCUT2D eigenvalue weighted by atomic mass is 79.9. The lowest BCUT2D eigenvalue weighted by molar-refractivity contribution is 1.48. The van der Waals surface area contributed by atoms with Crippen LogP contribution in [0.4, 0.5) is 16.4 Å². The number of hydrogen-bond donors (Lipinski definition) is 2. The molecule has 2 rings (SSSR count). The van der Waals surface area contributed by atoms with E-state index in [4.69, 9.17) is 11.0 Å². The van der Waals surface area contributed by atoms with Crippen LogP contribution in [0.25, 0.3) is 0 Å². The summed E-state index contributed by atoms with van der Waals surface area (Å²) in [5.74, 6) is 0. The molecule has 3 nitrogen and oxygen atoms in total. The molecule has 1 aromatic carbocycles. The van der Waals surface area contributed by atoms with Crippen LogP contribution in [0, 0.1) is 11.3 Å². The summed E-state index contributed by atoms with van der Waals surface area (Å²) in [4.78, 5) is 0. The highest BCUT2D eigenvalue weighted by Crippen LogP contribution is 2.30. The van der Waals surface area contributed by atoms with Gasteiger partial charge in [0.15, 0.2) is 0 Å². The first kappa shape index (κ1) is 11.0. The molecule has 0 unspecified atom stereocenters. The Bertz CT molecular complexity index is 557. The summed E-state index contributed by atoms with van der Waals surface area (Å²) in [5.41, 5.74) is 7.80. The van der Waals surface area contributed by atoms with Crippen molar-refractivity contribution in [2.45, 2.75) is 0 Å². The lowest BCUT2D eigenvalue weighted by Crippen LogP contribution is -1.95. The standard InChI is InChI=1S/C11H8BrN3S/c12-8-4-11(16-6-8)15-10-3-7(5-13)1-2-9(10)14/h1-4,6,15H,14H2. The molecule has 80 valence electrons. The number of rotatable bonds is 2. The zero-order valence-electron chi connectivity index (χ0n) is 8.20. The average Bonchev–Trinajstić information content (AvgIpc) is 2.67. The second kappa shape index (κ2) is 4.56. The molecule has 3 N–H and O–H groups in total. The number of nitrogen functional groups attached to an aromatic ring is 1. The third kappa shape index (κ3) is 2.35. The minimum absolute atomic E-state index is 0.590. The largest absolute Gasteiger partial charge is 0.397 e. The highest BCUT2D eigenvalue weighted by Gasteiger charge is 2.03. The fourth-order valence-corrected chi connectivity index (χ4v) is 2.58. The fourth-order valence-electron chi connectivity index (χ4n) is 1.25. The maximum Gasteiger partial charge on any atom is 0.0992 e. The summed E-state index contributed by atoms with van der Waals surface area (Å²) in [7, 11) is 0. The van der Waals surface area contributed by atoms with E-state index in [0.29, 0.717) is 11.3 Å². The molecule has 0 bridgehead atoms. The molecule has 0 aliphatic carbocycles. The third-order valence-electron chi connectivity index (χ3n) is 2.01. The normalized spacial score (nSPS) is 9.75. The Morgan fingerprint density at radius 1 is 1.38 bits per heavy atom. The number of hydrogen-bond acceptors (Lipinski definition) is 4. The fraction of sp³-hybridized carbons (Fsp3) is 0. The van der Waals surface area contributed by atoms with Gasteiger partial charge >= 0.3 is 0 Å². The Balaban J connectivity index is 2.30. The summed E-state index contributed by atoms with van der Waals surface area (Å²) in [5, 5.41) is 14.9. The predicted molar refractivity (Wildman–Crippen MR) is 70.9 cm³/mol. The Hall–Kier alpha value is -1.51. The van der Waals surface area contributed by atoms with Crippen LogP contribution in [0.3, 0.4) is 0 Å². The first-order chi connectivity index (χ1) is 7.69. The van der Waals surface area contributed by atoms with E-state index in [9.17, 15) is 0 Å². The molecule has 16 heavy (non-hydrogen) atoms. The SMILES string of the molecule is N#Cc1ccc(N)c(Nc2cc(Br)cs2)c1. The Labute approximate surface area is 106 Å².